The van der Waals surface area contributed by atoms with Crippen LogP contribution in [-0.2, 0) is 4.79 Å². The fourth-order valence-electron chi connectivity index (χ4n) is 1.06. The molecule has 0 radical (unpaired) electrons. The van der Waals surface area contributed by atoms with Gasteiger partial charge in [-0.05, 0) is 0 Å². The Kier molecular flexibility index (Phi) is 4.50. The number of alkyl halides is 1. The molecule has 1 aromatic heterocycles. The lowest BCUT2D eigenvalue weighted by Crippen LogP contribution is -2.08. The van der Waals surface area contributed by atoms with E-state index in [-0.39, 0.29) is 12.5 Å². The van der Waals surface area contributed by atoms with Crippen molar-refractivity contribution in [3.8, 4) is 5.75 Å². The summed E-state index contributed by atoms with van der Waals surface area (Å²) >= 11 is 0. The summed E-state index contributed by atoms with van der Waals surface area (Å²) in [6.45, 7) is 1.20. The van der Waals surface area contributed by atoms with Crippen LogP contribution in [0.3, 0.4) is 0 Å². The third kappa shape index (κ3) is 3.72. The van der Waals surface area contributed by atoms with Gasteiger partial charge in [0.25, 0.3) is 0 Å². The fourth-order valence-corrected chi connectivity index (χ4v) is 1.06. The minimum Gasteiger partial charge on any atom is -0.490 e. The summed E-state index contributed by atoms with van der Waals surface area (Å²) in [7, 11) is 0. The summed E-state index contributed by atoms with van der Waals surface area (Å²) in [4.78, 5) is 14.7. The Balaban J connectivity index is 2.64. The van der Waals surface area contributed by atoms with Crippen molar-refractivity contribution in [2.24, 2.45) is 0 Å². The van der Waals surface area contributed by atoms with Crippen molar-refractivity contribution in [1.29, 1.82) is 0 Å². The van der Waals surface area contributed by atoms with Crippen LogP contribution in [0.25, 0.3) is 0 Å². The number of aromatic nitrogens is 1. The molecule has 0 aliphatic rings. The summed E-state index contributed by atoms with van der Waals surface area (Å²) in [5.41, 5.74) is 6.03. The number of nitrogens with two attached hydrogens (primary N) is 1. The predicted molar refractivity (Wildman–Crippen MR) is 59.0 cm³/mol. The van der Waals surface area contributed by atoms with Crippen LogP contribution >= 0.6 is 0 Å². The van der Waals surface area contributed by atoms with E-state index in [4.69, 9.17) is 10.5 Å². The Bertz CT molecular complexity index is 371. The molecule has 1 heterocycles. The molecule has 0 unspecified atom stereocenters. The smallest absolute Gasteiger partial charge is 0.222 e. The number of nitrogens with one attached hydrogen (secondary N) is 1. The molecular formula is C10H14FN3O2. The lowest BCUT2D eigenvalue weighted by Gasteiger charge is -2.08. The third-order valence-electron chi connectivity index (χ3n) is 1.74. The average molecular weight is 227 g/mol. The number of halogens is 1. The molecule has 5 nitrogen and oxygen atoms in total. The highest BCUT2D eigenvalue weighted by molar-refractivity contribution is 5.88. The second-order valence-corrected chi connectivity index (χ2v) is 3.18. The number of carbonyl (C=O) groups excluding carboxylic acids is 1. The molecule has 0 aliphatic carbocycles. The maximum atomic E-state index is 11.8. The lowest BCUT2D eigenvalue weighted by molar-refractivity contribution is -0.114. The molecule has 0 bridgehead atoms. The molecule has 3 N–H and O–H groups in total. The van der Waals surface area contributed by atoms with Crippen LogP contribution < -0.4 is 15.8 Å². The van der Waals surface area contributed by atoms with Crippen molar-refractivity contribution in [3.05, 3.63) is 12.3 Å². The van der Waals surface area contributed by atoms with E-state index < -0.39 is 6.67 Å². The number of nitrogen functional groups attached to an aromatic ring is 1. The summed E-state index contributed by atoms with van der Waals surface area (Å²) in [6.07, 6.45) is 1.71. The van der Waals surface area contributed by atoms with Crippen LogP contribution in [0.1, 0.15) is 13.3 Å². The van der Waals surface area contributed by atoms with Crippen molar-refractivity contribution in [2.45, 2.75) is 13.3 Å². The Morgan fingerprint density at radius 2 is 2.44 bits per heavy atom. The Morgan fingerprint density at radius 3 is 3.00 bits per heavy atom. The number of hydrogen-bond acceptors (Lipinski definition) is 4. The highest BCUT2D eigenvalue weighted by atomic mass is 19.1. The van der Waals surface area contributed by atoms with Crippen molar-refractivity contribution < 1.29 is 13.9 Å². The van der Waals surface area contributed by atoms with E-state index in [1.54, 1.807) is 0 Å². The van der Waals surface area contributed by atoms with E-state index in [1.807, 2.05) is 0 Å². The highest BCUT2D eigenvalue weighted by Crippen LogP contribution is 2.22. The van der Waals surface area contributed by atoms with E-state index in [1.165, 1.54) is 19.2 Å². The fraction of sp³-hybridized carbons (Fsp3) is 0.400. The van der Waals surface area contributed by atoms with E-state index in [2.05, 4.69) is 10.3 Å². The van der Waals surface area contributed by atoms with Gasteiger partial charge in [0.15, 0.2) is 5.75 Å². The molecule has 0 spiro atoms. The molecule has 0 saturated carbocycles. The first-order valence-electron chi connectivity index (χ1n) is 4.85. The third-order valence-corrected chi connectivity index (χ3v) is 1.74. The number of ether oxygens (including phenoxy) is 1. The van der Waals surface area contributed by atoms with Crippen LogP contribution in [0.5, 0.6) is 5.75 Å². The van der Waals surface area contributed by atoms with Crippen LogP contribution in [0.15, 0.2) is 12.3 Å². The van der Waals surface area contributed by atoms with Gasteiger partial charge in [-0.25, -0.2) is 4.98 Å². The summed E-state index contributed by atoms with van der Waals surface area (Å²) < 4.78 is 17.0. The maximum absolute atomic E-state index is 11.8. The predicted octanol–water partition coefficient (Wildman–Crippen LogP) is 1.36. The second kappa shape index (κ2) is 5.89. The summed E-state index contributed by atoms with van der Waals surface area (Å²) in [5.74, 6) is 0.531. The number of pyridine rings is 1. The monoisotopic (exact) mass is 227 g/mol. The van der Waals surface area contributed by atoms with Gasteiger partial charge in [-0.2, -0.15) is 0 Å². The SMILES string of the molecule is CC(=O)Nc1cc(N)c(OCCCF)cn1. The Hall–Kier alpha value is -1.85. The summed E-state index contributed by atoms with van der Waals surface area (Å²) in [5, 5.41) is 2.49. The second-order valence-electron chi connectivity index (χ2n) is 3.18. The first kappa shape index (κ1) is 12.2. The number of carbonyl (C=O) groups is 1. The van der Waals surface area contributed by atoms with Gasteiger partial charge in [0, 0.05) is 19.4 Å². The number of nitrogens with zero attached hydrogens (tertiary/aromatic N) is 1. The number of rotatable bonds is 5. The van der Waals surface area contributed by atoms with Crippen molar-refractivity contribution in [2.75, 3.05) is 24.3 Å². The van der Waals surface area contributed by atoms with Crippen LogP contribution in [0.4, 0.5) is 15.9 Å². The molecule has 0 saturated heterocycles. The minimum atomic E-state index is -0.433. The number of anilines is 2. The van der Waals surface area contributed by atoms with Crippen molar-refractivity contribution in [1.82, 2.24) is 4.98 Å². The van der Waals surface area contributed by atoms with Gasteiger partial charge in [0.2, 0.25) is 5.91 Å². The van der Waals surface area contributed by atoms with E-state index in [9.17, 15) is 9.18 Å². The molecule has 1 aromatic rings. The van der Waals surface area contributed by atoms with Crippen LogP contribution in [0.2, 0.25) is 0 Å². The highest BCUT2D eigenvalue weighted by Gasteiger charge is 2.04. The summed E-state index contributed by atoms with van der Waals surface area (Å²) in [6, 6.07) is 1.49. The number of amides is 1. The van der Waals surface area contributed by atoms with Gasteiger partial charge >= 0.3 is 0 Å². The number of hydrogen-bond donors (Lipinski definition) is 2. The lowest BCUT2D eigenvalue weighted by atomic mass is 10.3. The van der Waals surface area contributed by atoms with Gasteiger partial charge in [-0.15, -0.1) is 0 Å². The average Bonchev–Trinajstić information content (AvgIpc) is 2.20. The topological polar surface area (TPSA) is 77.2 Å². The molecule has 0 aliphatic heterocycles. The molecule has 1 rings (SSSR count). The van der Waals surface area contributed by atoms with E-state index in [0.29, 0.717) is 23.7 Å². The van der Waals surface area contributed by atoms with E-state index >= 15 is 0 Å². The van der Waals surface area contributed by atoms with Crippen LogP contribution in [-0.4, -0.2) is 24.2 Å². The normalized spacial score (nSPS) is 9.88. The Morgan fingerprint density at radius 1 is 1.69 bits per heavy atom. The molecule has 16 heavy (non-hydrogen) atoms. The molecule has 0 aromatic carbocycles. The quantitative estimate of drug-likeness (QED) is 0.744. The van der Waals surface area contributed by atoms with Gasteiger partial charge in [0.05, 0.1) is 25.2 Å². The standard InChI is InChI=1S/C10H14FN3O2/c1-7(15)14-10-5-8(12)9(6-13-10)16-4-2-3-11/h5-6H,2-4H2,1H3,(H3,12,13,14,15). The molecule has 1 amide bonds. The molecule has 0 atom stereocenters. The zero-order chi connectivity index (χ0) is 12.0. The zero-order valence-electron chi connectivity index (χ0n) is 9.00. The largest absolute Gasteiger partial charge is 0.490 e. The van der Waals surface area contributed by atoms with Crippen molar-refractivity contribution >= 4 is 17.4 Å². The Labute approximate surface area is 92.8 Å². The first-order valence-corrected chi connectivity index (χ1v) is 4.85. The van der Waals surface area contributed by atoms with Gasteiger partial charge in [0.1, 0.15) is 5.82 Å². The first-order chi connectivity index (χ1) is 7.63. The van der Waals surface area contributed by atoms with Gasteiger partial charge < -0.3 is 15.8 Å². The van der Waals surface area contributed by atoms with Gasteiger partial charge in [-0.1, -0.05) is 0 Å². The van der Waals surface area contributed by atoms with Crippen LogP contribution in [0, 0.1) is 0 Å². The van der Waals surface area contributed by atoms with Crippen molar-refractivity contribution in [3.63, 3.8) is 0 Å². The molecule has 0 fully saturated rings. The minimum absolute atomic E-state index is 0.224. The van der Waals surface area contributed by atoms with E-state index in [0.717, 1.165) is 0 Å². The zero-order valence-corrected chi connectivity index (χ0v) is 9.00. The maximum Gasteiger partial charge on any atom is 0.222 e. The molecular weight excluding hydrogens is 213 g/mol. The molecule has 6 heteroatoms. The molecule has 88 valence electrons. The van der Waals surface area contributed by atoms with Gasteiger partial charge in [-0.3, -0.25) is 9.18 Å².